The van der Waals surface area contributed by atoms with Gasteiger partial charge in [-0.25, -0.2) is 0 Å². The van der Waals surface area contributed by atoms with Crippen molar-refractivity contribution in [3.8, 4) is 11.5 Å². The van der Waals surface area contributed by atoms with Gasteiger partial charge in [-0.1, -0.05) is 38.1 Å². The Kier molecular flexibility index (Phi) is 7.58. The molecule has 155 valence electrons. The first kappa shape index (κ1) is 22.0. The number of ether oxygens (including phenoxy) is 2. The van der Waals surface area contributed by atoms with Crippen molar-refractivity contribution >= 4 is 32.5 Å². The fourth-order valence-corrected chi connectivity index (χ4v) is 3.17. The highest BCUT2D eigenvalue weighted by molar-refractivity contribution is 6.32. The van der Waals surface area contributed by atoms with Crippen molar-refractivity contribution in [2.45, 2.75) is 40.2 Å². The van der Waals surface area contributed by atoms with Crippen LogP contribution in [0.25, 0.3) is 0 Å². The Labute approximate surface area is 184 Å². The van der Waals surface area contributed by atoms with Crippen LogP contribution >= 0.6 is 0 Å². The molecule has 0 aliphatic carbocycles. The average Bonchev–Trinajstić information content (AvgIpc) is 2.75. The van der Waals surface area contributed by atoms with E-state index in [0.29, 0.717) is 12.5 Å². The second kappa shape index (κ2) is 10.3. The van der Waals surface area contributed by atoms with Crippen molar-refractivity contribution in [1.29, 1.82) is 0 Å². The second-order valence-electron chi connectivity index (χ2n) is 7.91. The van der Waals surface area contributed by atoms with E-state index in [2.05, 4.69) is 91.4 Å². The molecule has 0 aliphatic rings. The number of benzene rings is 3. The van der Waals surface area contributed by atoms with Crippen LogP contribution in [-0.2, 0) is 0 Å². The van der Waals surface area contributed by atoms with E-state index in [9.17, 15) is 0 Å². The smallest absolute Gasteiger partial charge is 0.119 e. The van der Waals surface area contributed by atoms with Gasteiger partial charge in [-0.05, 0) is 79.9 Å². The van der Waals surface area contributed by atoms with Gasteiger partial charge in [0.2, 0.25) is 0 Å². The lowest BCUT2D eigenvalue weighted by atomic mass is 10.2. The van der Waals surface area contributed by atoms with Crippen molar-refractivity contribution in [2.24, 2.45) is 5.92 Å². The standard InChI is InChI=1S/C26H30NO2Si/c1-5-20(4)29-25-14-8-22(9-15-25)27(23-10-16-26(30)17-11-23)21-6-12-24(13-7-21)28-18-19(2)3/h6-17,19-20H,5,18H2,1-4H3. The van der Waals surface area contributed by atoms with Gasteiger partial charge in [0.1, 0.15) is 11.5 Å². The van der Waals surface area contributed by atoms with Crippen molar-refractivity contribution in [3.05, 3.63) is 72.8 Å². The van der Waals surface area contributed by atoms with Gasteiger partial charge in [0.15, 0.2) is 0 Å². The van der Waals surface area contributed by atoms with Gasteiger partial charge in [-0.2, -0.15) is 0 Å². The van der Waals surface area contributed by atoms with Gasteiger partial charge in [0.05, 0.1) is 23.0 Å². The maximum Gasteiger partial charge on any atom is 0.119 e. The fraction of sp³-hybridized carbons (Fsp3) is 0.308. The normalized spacial score (nSPS) is 11.9. The molecule has 1 unspecified atom stereocenters. The Morgan fingerprint density at radius 2 is 1.20 bits per heavy atom. The predicted octanol–water partition coefficient (Wildman–Crippen LogP) is 6.16. The van der Waals surface area contributed by atoms with Crippen molar-refractivity contribution in [1.82, 2.24) is 0 Å². The maximum absolute atomic E-state index is 5.95. The number of nitrogens with zero attached hydrogens (tertiary/aromatic N) is 1. The van der Waals surface area contributed by atoms with Crippen LogP contribution in [0.2, 0.25) is 0 Å². The van der Waals surface area contributed by atoms with Gasteiger partial charge in [0.25, 0.3) is 0 Å². The van der Waals surface area contributed by atoms with E-state index in [0.717, 1.165) is 40.2 Å². The molecule has 0 saturated heterocycles. The van der Waals surface area contributed by atoms with Crippen LogP contribution in [-0.4, -0.2) is 23.0 Å². The molecule has 3 aromatic carbocycles. The average molecular weight is 417 g/mol. The van der Waals surface area contributed by atoms with Crippen LogP contribution in [0.5, 0.6) is 11.5 Å². The fourth-order valence-electron chi connectivity index (χ4n) is 3.00. The van der Waals surface area contributed by atoms with Crippen molar-refractivity contribution < 1.29 is 9.47 Å². The van der Waals surface area contributed by atoms with Gasteiger partial charge >= 0.3 is 0 Å². The topological polar surface area (TPSA) is 21.7 Å². The Morgan fingerprint density at radius 1 is 0.733 bits per heavy atom. The molecule has 3 radical (unpaired) electrons. The molecule has 30 heavy (non-hydrogen) atoms. The SMILES string of the molecule is CCC(C)Oc1ccc(N(c2ccc([Si])cc2)c2ccc(OCC(C)C)cc2)cc1. The molecular weight excluding hydrogens is 386 g/mol. The second-order valence-corrected chi connectivity index (χ2v) is 8.49. The summed E-state index contributed by atoms with van der Waals surface area (Å²) in [6, 6.07) is 24.9. The summed E-state index contributed by atoms with van der Waals surface area (Å²) in [5.74, 6) is 2.28. The number of rotatable bonds is 9. The lowest BCUT2D eigenvalue weighted by molar-refractivity contribution is 0.217. The molecular formula is C26H30NO2Si. The van der Waals surface area contributed by atoms with E-state index < -0.39 is 0 Å². The lowest BCUT2D eigenvalue weighted by Gasteiger charge is -2.26. The third kappa shape index (κ3) is 5.89. The predicted molar refractivity (Wildman–Crippen MR) is 127 cm³/mol. The lowest BCUT2D eigenvalue weighted by Crippen LogP contribution is -2.12. The highest BCUT2D eigenvalue weighted by Gasteiger charge is 2.13. The third-order valence-electron chi connectivity index (χ3n) is 4.81. The maximum atomic E-state index is 5.95. The van der Waals surface area contributed by atoms with Crippen LogP contribution < -0.4 is 19.6 Å². The van der Waals surface area contributed by atoms with E-state index in [1.54, 1.807) is 0 Å². The summed E-state index contributed by atoms with van der Waals surface area (Å²) < 4.78 is 11.8. The van der Waals surface area contributed by atoms with Crippen LogP contribution in [0.15, 0.2) is 72.8 Å². The number of hydrogen-bond acceptors (Lipinski definition) is 3. The highest BCUT2D eigenvalue weighted by Crippen LogP contribution is 2.35. The molecule has 3 rings (SSSR count). The molecule has 0 aromatic heterocycles. The Balaban J connectivity index is 1.90. The molecule has 0 aliphatic heterocycles. The zero-order valence-corrected chi connectivity index (χ0v) is 19.3. The largest absolute Gasteiger partial charge is 0.493 e. The molecule has 0 saturated carbocycles. The zero-order chi connectivity index (χ0) is 21.5. The Bertz CT molecular complexity index is 905. The molecule has 0 N–H and O–H groups in total. The van der Waals surface area contributed by atoms with Crippen LogP contribution in [0.1, 0.15) is 34.1 Å². The van der Waals surface area contributed by atoms with E-state index in [4.69, 9.17) is 9.47 Å². The van der Waals surface area contributed by atoms with Gasteiger partial charge < -0.3 is 14.4 Å². The molecule has 4 heteroatoms. The Hall–Kier alpha value is -2.72. The summed E-state index contributed by atoms with van der Waals surface area (Å²) in [6.45, 7) is 9.23. The summed E-state index contributed by atoms with van der Waals surface area (Å²) >= 11 is 0. The minimum absolute atomic E-state index is 0.205. The molecule has 3 nitrogen and oxygen atoms in total. The molecule has 0 spiro atoms. The van der Waals surface area contributed by atoms with Gasteiger partial charge in [-0.15, -0.1) is 0 Å². The van der Waals surface area contributed by atoms with Crippen LogP contribution in [0, 0.1) is 5.92 Å². The molecule has 0 bridgehead atoms. The van der Waals surface area contributed by atoms with Crippen molar-refractivity contribution in [2.75, 3.05) is 11.5 Å². The number of hydrogen-bond donors (Lipinski definition) is 0. The summed E-state index contributed by atoms with van der Waals surface area (Å²) in [6.07, 6.45) is 1.19. The first-order valence-electron chi connectivity index (χ1n) is 10.6. The summed E-state index contributed by atoms with van der Waals surface area (Å²) in [5.41, 5.74) is 3.23. The summed E-state index contributed by atoms with van der Waals surface area (Å²) in [7, 11) is 3.59. The zero-order valence-electron chi connectivity index (χ0n) is 18.3. The Morgan fingerprint density at radius 3 is 1.67 bits per heavy atom. The first-order valence-corrected chi connectivity index (χ1v) is 11.1. The summed E-state index contributed by atoms with van der Waals surface area (Å²) in [4.78, 5) is 2.23. The monoisotopic (exact) mass is 416 g/mol. The molecule has 0 amide bonds. The molecule has 0 fully saturated rings. The van der Waals surface area contributed by atoms with E-state index in [1.165, 1.54) is 0 Å². The minimum atomic E-state index is 0.205. The van der Waals surface area contributed by atoms with Crippen LogP contribution in [0.3, 0.4) is 0 Å². The van der Waals surface area contributed by atoms with E-state index in [-0.39, 0.29) is 6.10 Å². The van der Waals surface area contributed by atoms with Gasteiger partial charge in [-0.3, -0.25) is 0 Å². The minimum Gasteiger partial charge on any atom is -0.493 e. The van der Waals surface area contributed by atoms with Crippen molar-refractivity contribution in [3.63, 3.8) is 0 Å². The molecule has 1 atom stereocenters. The number of anilines is 3. The first-order chi connectivity index (χ1) is 14.5. The molecule has 3 aromatic rings. The molecule has 0 heterocycles. The highest BCUT2D eigenvalue weighted by atomic mass is 28.1. The quantitative estimate of drug-likeness (QED) is 0.390. The summed E-state index contributed by atoms with van der Waals surface area (Å²) in [5, 5.41) is 1.05. The van der Waals surface area contributed by atoms with E-state index >= 15 is 0 Å². The van der Waals surface area contributed by atoms with E-state index in [1.807, 2.05) is 24.3 Å². The third-order valence-corrected chi connectivity index (χ3v) is 5.14. The van der Waals surface area contributed by atoms with Crippen LogP contribution in [0.4, 0.5) is 17.1 Å². The van der Waals surface area contributed by atoms with Gasteiger partial charge in [0, 0.05) is 17.1 Å².